The van der Waals surface area contributed by atoms with Crippen molar-refractivity contribution >= 4 is 11.6 Å². The number of nitrogens with two attached hydrogens (primary N) is 1. The molecule has 0 aliphatic heterocycles. The maximum Gasteiger partial charge on any atom is 0.138 e. The summed E-state index contributed by atoms with van der Waals surface area (Å²) in [6.07, 6.45) is 0.728. The normalized spacial score (nSPS) is 12.8. The molecule has 0 spiro atoms. The number of nitrogens with zero attached hydrogens (tertiary/aromatic N) is 1. The average molecular weight is 261 g/mol. The smallest absolute Gasteiger partial charge is 0.138 e. The molecule has 1 rings (SSSR count). The molecule has 1 aromatic carbocycles. The van der Waals surface area contributed by atoms with E-state index >= 15 is 0 Å². The van der Waals surface area contributed by atoms with Crippen molar-refractivity contribution in [2.24, 2.45) is 5.73 Å². The van der Waals surface area contributed by atoms with E-state index in [4.69, 9.17) is 22.1 Å². The first-order chi connectivity index (χ1) is 7.99. The molecule has 0 amide bonds. The van der Waals surface area contributed by atoms with Crippen LogP contribution in [0, 0.1) is 5.82 Å². The zero-order chi connectivity index (χ0) is 12.8. The van der Waals surface area contributed by atoms with Gasteiger partial charge in [0.05, 0.1) is 11.6 Å². The minimum Gasteiger partial charge on any atom is -0.492 e. The largest absolute Gasteiger partial charge is 0.492 e. The molecule has 5 heteroatoms. The molecule has 0 bridgehead atoms. The van der Waals surface area contributed by atoms with Crippen molar-refractivity contribution in [1.29, 1.82) is 0 Å². The van der Waals surface area contributed by atoms with Gasteiger partial charge in [-0.05, 0) is 38.7 Å². The Balaban J connectivity index is 2.35. The lowest BCUT2D eigenvalue weighted by molar-refractivity contribution is 0.277. The van der Waals surface area contributed by atoms with Gasteiger partial charge < -0.3 is 15.4 Å². The van der Waals surface area contributed by atoms with E-state index in [2.05, 4.69) is 0 Å². The second kappa shape index (κ2) is 6.79. The molecule has 0 aliphatic rings. The highest BCUT2D eigenvalue weighted by Crippen LogP contribution is 2.24. The summed E-state index contributed by atoms with van der Waals surface area (Å²) in [4.78, 5) is 2.02. The van der Waals surface area contributed by atoms with Crippen LogP contribution in [-0.2, 0) is 0 Å². The van der Waals surface area contributed by atoms with Crippen LogP contribution in [0.4, 0.5) is 4.39 Å². The summed E-state index contributed by atoms with van der Waals surface area (Å²) in [5.74, 6) is 0.122. The Morgan fingerprint density at radius 1 is 1.47 bits per heavy atom. The van der Waals surface area contributed by atoms with Gasteiger partial charge in [-0.1, -0.05) is 11.6 Å². The Morgan fingerprint density at radius 3 is 2.76 bits per heavy atom. The number of hydrogen-bond acceptors (Lipinski definition) is 3. The minimum absolute atomic E-state index is 0.0595. The average Bonchev–Trinajstić information content (AvgIpc) is 2.20. The fourth-order valence-electron chi connectivity index (χ4n) is 1.47. The topological polar surface area (TPSA) is 38.5 Å². The van der Waals surface area contributed by atoms with Crippen molar-refractivity contribution in [2.75, 3.05) is 27.2 Å². The van der Waals surface area contributed by atoms with Crippen LogP contribution in [0.25, 0.3) is 0 Å². The molecule has 1 aromatic rings. The summed E-state index contributed by atoms with van der Waals surface area (Å²) < 4.78 is 18.2. The number of likely N-dealkylation sites (N-methyl/N-ethyl adjacent to an activating group) is 1. The Hall–Kier alpha value is -0.840. The fraction of sp³-hybridized carbons (Fsp3) is 0.500. The third kappa shape index (κ3) is 5.35. The molecule has 0 aromatic heterocycles. The van der Waals surface area contributed by atoms with Gasteiger partial charge in [0.2, 0.25) is 0 Å². The van der Waals surface area contributed by atoms with E-state index in [1.165, 1.54) is 18.2 Å². The van der Waals surface area contributed by atoms with Crippen molar-refractivity contribution in [3.8, 4) is 5.75 Å². The SMILES string of the molecule is CN(C)CC(N)CCOc1ccc(F)cc1Cl. The lowest BCUT2D eigenvalue weighted by Gasteiger charge is -2.17. The first-order valence-electron chi connectivity index (χ1n) is 5.47. The molecule has 2 N–H and O–H groups in total. The van der Waals surface area contributed by atoms with Crippen molar-refractivity contribution in [3.05, 3.63) is 29.0 Å². The van der Waals surface area contributed by atoms with E-state index < -0.39 is 0 Å². The van der Waals surface area contributed by atoms with E-state index in [1.807, 2.05) is 19.0 Å². The van der Waals surface area contributed by atoms with E-state index in [1.54, 1.807) is 0 Å². The lowest BCUT2D eigenvalue weighted by Crippen LogP contribution is -2.34. The number of halogens is 2. The molecule has 0 fully saturated rings. The van der Waals surface area contributed by atoms with Gasteiger partial charge in [-0.3, -0.25) is 0 Å². The van der Waals surface area contributed by atoms with Gasteiger partial charge in [0.25, 0.3) is 0 Å². The van der Waals surface area contributed by atoms with Crippen LogP contribution in [-0.4, -0.2) is 38.2 Å². The van der Waals surface area contributed by atoms with Crippen molar-refractivity contribution in [3.63, 3.8) is 0 Å². The molecule has 0 saturated carbocycles. The second-order valence-electron chi connectivity index (χ2n) is 4.23. The molecule has 0 radical (unpaired) electrons. The van der Waals surface area contributed by atoms with Gasteiger partial charge in [0, 0.05) is 12.6 Å². The van der Waals surface area contributed by atoms with Crippen LogP contribution in [0.1, 0.15) is 6.42 Å². The Kier molecular flexibility index (Phi) is 5.68. The maximum absolute atomic E-state index is 12.8. The predicted octanol–water partition coefficient (Wildman–Crippen LogP) is 2.14. The summed E-state index contributed by atoms with van der Waals surface area (Å²) in [5.41, 5.74) is 5.89. The van der Waals surface area contributed by atoms with Crippen LogP contribution >= 0.6 is 11.6 Å². The van der Waals surface area contributed by atoms with Crippen molar-refractivity contribution in [2.45, 2.75) is 12.5 Å². The van der Waals surface area contributed by atoms with E-state index in [0.717, 1.165) is 13.0 Å². The molecule has 17 heavy (non-hydrogen) atoms. The molecule has 0 saturated heterocycles. The van der Waals surface area contributed by atoms with Crippen LogP contribution in [0.2, 0.25) is 5.02 Å². The first-order valence-corrected chi connectivity index (χ1v) is 5.85. The van der Waals surface area contributed by atoms with Gasteiger partial charge in [0.15, 0.2) is 0 Å². The van der Waals surface area contributed by atoms with E-state index in [9.17, 15) is 4.39 Å². The highest BCUT2D eigenvalue weighted by Gasteiger charge is 2.06. The molecular formula is C12H18ClFN2O. The number of hydrogen-bond donors (Lipinski definition) is 1. The summed E-state index contributed by atoms with van der Waals surface area (Å²) in [6, 6.07) is 4.14. The van der Waals surface area contributed by atoms with E-state index in [0.29, 0.717) is 12.4 Å². The molecule has 0 heterocycles. The Labute approximate surface area is 106 Å². The third-order valence-corrected chi connectivity index (χ3v) is 2.54. The summed E-state index contributed by atoms with van der Waals surface area (Å²) in [6.45, 7) is 1.28. The summed E-state index contributed by atoms with van der Waals surface area (Å²) in [5, 5.41) is 0.284. The van der Waals surface area contributed by atoms with E-state index in [-0.39, 0.29) is 16.9 Å². The predicted molar refractivity (Wildman–Crippen MR) is 68.1 cm³/mol. The minimum atomic E-state index is -0.369. The molecule has 3 nitrogen and oxygen atoms in total. The van der Waals surface area contributed by atoms with Gasteiger partial charge >= 0.3 is 0 Å². The molecule has 1 atom stereocenters. The van der Waals surface area contributed by atoms with Crippen molar-refractivity contribution in [1.82, 2.24) is 4.90 Å². The number of rotatable bonds is 6. The highest BCUT2D eigenvalue weighted by atomic mass is 35.5. The van der Waals surface area contributed by atoms with Gasteiger partial charge in [-0.2, -0.15) is 0 Å². The quantitative estimate of drug-likeness (QED) is 0.852. The van der Waals surface area contributed by atoms with Gasteiger partial charge in [-0.25, -0.2) is 4.39 Å². The zero-order valence-corrected chi connectivity index (χ0v) is 10.9. The van der Waals surface area contributed by atoms with Gasteiger partial charge in [0.1, 0.15) is 11.6 Å². The van der Waals surface area contributed by atoms with Crippen LogP contribution in [0.15, 0.2) is 18.2 Å². The fourth-order valence-corrected chi connectivity index (χ4v) is 1.69. The number of benzene rings is 1. The zero-order valence-electron chi connectivity index (χ0n) is 10.1. The number of ether oxygens (including phenoxy) is 1. The third-order valence-electron chi connectivity index (χ3n) is 2.24. The second-order valence-corrected chi connectivity index (χ2v) is 4.64. The monoisotopic (exact) mass is 260 g/mol. The van der Waals surface area contributed by atoms with Crippen LogP contribution in [0.5, 0.6) is 5.75 Å². The summed E-state index contributed by atoms with van der Waals surface area (Å²) in [7, 11) is 3.94. The Bertz CT molecular complexity index is 360. The van der Waals surface area contributed by atoms with Crippen molar-refractivity contribution < 1.29 is 9.13 Å². The highest BCUT2D eigenvalue weighted by molar-refractivity contribution is 6.32. The van der Waals surface area contributed by atoms with Gasteiger partial charge in [-0.15, -0.1) is 0 Å². The van der Waals surface area contributed by atoms with Crippen LogP contribution < -0.4 is 10.5 Å². The molecule has 96 valence electrons. The summed E-state index contributed by atoms with van der Waals surface area (Å²) >= 11 is 5.82. The first kappa shape index (κ1) is 14.2. The molecule has 0 aliphatic carbocycles. The molecular weight excluding hydrogens is 243 g/mol. The van der Waals surface area contributed by atoms with Crippen LogP contribution in [0.3, 0.4) is 0 Å². The standard InChI is InChI=1S/C12H18ClFN2O/c1-16(2)8-10(15)5-6-17-12-4-3-9(14)7-11(12)13/h3-4,7,10H,5-6,8,15H2,1-2H3. The lowest BCUT2D eigenvalue weighted by atomic mass is 10.2. The maximum atomic E-state index is 12.8. The molecule has 1 unspecified atom stereocenters. The Morgan fingerprint density at radius 2 is 2.18 bits per heavy atom.